The van der Waals surface area contributed by atoms with E-state index in [1.807, 2.05) is 60.7 Å². The van der Waals surface area contributed by atoms with Crippen molar-refractivity contribution < 1.29 is 0 Å². The molecule has 0 amide bonds. The first-order chi connectivity index (χ1) is 27.8. The van der Waals surface area contributed by atoms with E-state index in [2.05, 4.69) is 133 Å². The van der Waals surface area contributed by atoms with Crippen LogP contribution < -0.4 is 0 Å². The molecule has 260 valence electrons. The van der Waals surface area contributed by atoms with Gasteiger partial charge in [-0.1, -0.05) is 182 Å². The molecule has 0 radical (unpaired) electrons. The summed E-state index contributed by atoms with van der Waals surface area (Å²) in [6.45, 7) is 0. The van der Waals surface area contributed by atoms with Crippen molar-refractivity contribution in [3.8, 4) is 56.5 Å². The number of benzene rings is 9. The third-order valence-electron chi connectivity index (χ3n) is 10.9. The van der Waals surface area contributed by atoms with E-state index in [9.17, 15) is 0 Å². The van der Waals surface area contributed by atoms with Gasteiger partial charge >= 0.3 is 0 Å². The number of hydrogen-bond donors (Lipinski definition) is 0. The second-order valence-corrected chi connectivity index (χ2v) is 14.2. The summed E-state index contributed by atoms with van der Waals surface area (Å²) in [6.07, 6.45) is 0. The monoisotopic (exact) mass is 712 g/mol. The highest BCUT2D eigenvalue weighted by atomic mass is 15.0. The average molecular weight is 713 g/mol. The van der Waals surface area contributed by atoms with Crippen LogP contribution in [0.3, 0.4) is 0 Å². The third-order valence-corrected chi connectivity index (χ3v) is 10.9. The lowest BCUT2D eigenvalue weighted by Crippen LogP contribution is -2.00. The fourth-order valence-corrected chi connectivity index (χ4v) is 8.28. The summed E-state index contributed by atoms with van der Waals surface area (Å²) < 4.78 is 0. The smallest absolute Gasteiger partial charge is 0.164 e. The molecule has 0 spiro atoms. The van der Waals surface area contributed by atoms with Crippen molar-refractivity contribution in [1.29, 1.82) is 0 Å². The van der Waals surface area contributed by atoms with Crippen molar-refractivity contribution in [2.75, 3.05) is 0 Å². The van der Waals surface area contributed by atoms with Crippen LogP contribution in [0.4, 0.5) is 0 Å². The molecule has 0 N–H and O–H groups in total. The molecule has 9 aromatic carbocycles. The number of fused-ring (bicyclic) bond motifs is 9. The van der Waals surface area contributed by atoms with Crippen molar-refractivity contribution in [2.24, 2.45) is 0 Å². The lowest BCUT2D eigenvalue weighted by molar-refractivity contribution is 1.07. The lowest BCUT2D eigenvalue weighted by atomic mass is 9.89. The Balaban J connectivity index is 1.19. The van der Waals surface area contributed by atoms with Crippen molar-refractivity contribution in [2.45, 2.75) is 0 Å². The Morgan fingerprint density at radius 1 is 0.268 bits per heavy atom. The molecule has 0 aliphatic rings. The van der Waals surface area contributed by atoms with E-state index >= 15 is 0 Å². The van der Waals surface area contributed by atoms with Gasteiger partial charge in [-0.25, -0.2) is 19.9 Å². The summed E-state index contributed by atoms with van der Waals surface area (Å²) in [4.78, 5) is 20.7. The molecule has 56 heavy (non-hydrogen) atoms. The number of nitrogens with zero attached hydrogens (tertiary/aromatic N) is 4. The lowest BCUT2D eigenvalue weighted by Gasteiger charge is -2.17. The summed E-state index contributed by atoms with van der Waals surface area (Å²) in [7, 11) is 0. The van der Waals surface area contributed by atoms with Gasteiger partial charge in [-0.3, -0.25) is 0 Å². The first-order valence-corrected chi connectivity index (χ1v) is 18.9. The van der Waals surface area contributed by atoms with Crippen molar-refractivity contribution in [3.63, 3.8) is 0 Å². The van der Waals surface area contributed by atoms with Crippen LogP contribution in [0.15, 0.2) is 194 Å². The average Bonchev–Trinajstić information content (AvgIpc) is 3.28. The van der Waals surface area contributed by atoms with Crippen LogP contribution in [0.2, 0.25) is 0 Å². The van der Waals surface area contributed by atoms with Gasteiger partial charge in [-0.05, 0) is 55.6 Å². The van der Waals surface area contributed by atoms with Crippen molar-refractivity contribution in [1.82, 2.24) is 19.9 Å². The third kappa shape index (κ3) is 5.31. The Bertz CT molecular complexity index is 3240. The van der Waals surface area contributed by atoms with E-state index in [0.717, 1.165) is 49.8 Å². The number of rotatable bonds is 5. The molecular formula is C52H32N4. The molecule has 0 aliphatic heterocycles. The minimum absolute atomic E-state index is 0.609. The van der Waals surface area contributed by atoms with Gasteiger partial charge in [0.2, 0.25) is 0 Å². The van der Waals surface area contributed by atoms with Gasteiger partial charge in [0.1, 0.15) is 0 Å². The van der Waals surface area contributed by atoms with Crippen LogP contribution in [-0.4, -0.2) is 19.9 Å². The van der Waals surface area contributed by atoms with E-state index < -0.39 is 0 Å². The summed E-state index contributed by atoms with van der Waals surface area (Å²) >= 11 is 0. The largest absolute Gasteiger partial charge is 0.247 e. The quantitative estimate of drug-likeness (QED) is 0.167. The van der Waals surface area contributed by atoms with Crippen LogP contribution >= 0.6 is 0 Å². The van der Waals surface area contributed by atoms with Gasteiger partial charge < -0.3 is 0 Å². The molecule has 0 saturated carbocycles. The molecular weight excluding hydrogens is 681 g/mol. The molecule has 11 rings (SSSR count). The molecule has 0 aliphatic carbocycles. The minimum atomic E-state index is 0.609. The number of hydrogen-bond acceptors (Lipinski definition) is 4. The van der Waals surface area contributed by atoms with Gasteiger partial charge in [0.15, 0.2) is 17.5 Å². The van der Waals surface area contributed by atoms with Crippen LogP contribution in [0.1, 0.15) is 0 Å². The van der Waals surface area contributed by atoms with Gasteiger partial charge in [-0.2, -0.15) is 0 Å². The molecule has 0 saturated heterocycles. The van der Waals surface area contributed by atoms with Crippen LogP contribution in [-0.2, 0) is 0 Å². The predicted octanol–water partition coefficient (Wildman–Crippen LogP) is 13.4. The van der Waals surface area contributed by atoms with E-state index in [1.54, 1.807) is 0 Å². The Hall–Kier alpha value is -7.56. The second kappa shape index (κ2) is 13.1. The zero-order chi connectivity index (χ0) is 37.0. The zero-order valence-corrected chi connectivity index (χ0v) is 30.3. The van der Waals surface area contributed by atoms with E-state index in [0.29, 0.717) is 17.5 Å². The Kier molecular flexibility index (Phi) is 7.46. The molecule has 11 aromatic rings. The fraction of sp³-hybridized carbons (Fsp3) is 0. The van der Waals surface area contributed by atoms with E-state index in [4.69, 9.17) is 19.9 Å². The minimum Gasteiger partial charge on any atom is -0.247 e. The first kappa shape index (κ1) is 31.9. The molecule has 0 atom stereocenters. The summed E-state index contributed by atoms with van der Waals surface area (Å²) in [5, 5.41) is 10.7. The Morgan fingerprint density at radius 2 is 0.768 bits per heavy atom. The molecule has 0 fully saturated rings. The second-order valence-electron chi connectivity index (χ2n) is 14.2. The predicted molar refractivity (Wildman–Crippen MR) is 232 cm³/mol. The maximum Gasteiger partial charge on any atom is 0.164 e. The summed E-state index contributed by atoms with van der Waals surface area (Å²) in [5.74, 6) is 1.87. The van der Waals surface area contributed by atoms with Crippen LogP contribution in [0.5, 0.6) is 0 Å². The van der Waals surface area contributed by atoms with Gasteiger partial charge in [0, 0.05) is 38.4 Å². The Morgan fingerprint density at radius 3 is 1.45 bits per heavy atom. The summed E-state index contributed by atoms with van der Waals surface area (Å²) in [6, 6.07) is 68.1. The van der Waals surface area contributed by atoms with E-state index in [1.165, 1.54) is 43.3 Å². The highest BCUT2D eigenvalue weighted by Gasteiger charge is 2.20. The van der Waals surface area contributed by atoms with Crippen molar-refractivity contribution in [3.05, 3.63) is 194 Å². The molecule has 2 aromatic heterocycles. The highest BCUT2D eigenvalue weighted by Crippen LogP contribution is 2.44. The standard InChI is InChI=1S/C52H32N4/c1-3-16-34(17-4-1)50-54-51(35-18-5-2-6-19-35)56-52(55-50)38-22-13-21-37(31-38)49-48-44-27-12-10-25-42(44)41-24-9-11-26-43(41)47(48)45-30-29-36(32-46(45)53-49)40-28-14-20-33-15-7-8-23-39(33)40/h1-32H. The molecule has 0 unspecified atom stereocenters. The van der Waals surface area contributed by atoms with Crippen molar-refractivity contribution >= 4 is 54.0 Å². The number of pyridine rings is 1. The highest BCUT2D eigenvalue weighted by molar-refractivity contribution is 6.33. The molecule has 0 bridgehead atoms. The Labute approximate surface area is 323 Å². The van der Waals surface area contributed by atoms with Gasteiger partial charge in [-0.15, -0.1) is 0 Å². The molecule has 2 heterocycles. The topological polar surface area (TPSA) is 51.6 Å². The SMILES string of the molecule is c1ccc(-c2nc(-c3ccccc3)nc(-c3cccc(-c4nc5cc(-c6cccc7ccccc67)ccc5c5c6ccccc6c6ccccc6c45)c3)n2)cc1. The first-order valence-electron chi connectivity index (χ1n) is 18.9. The maximum atomic E-state index is 5.61. The fourth-order valence-electron chi connectivity index (χ4n) is 8.28. The zero-order valence-electron chi connectivity index (χ0n) is 30.3. The van der Waals surface area contributed by atoms with Gasteiger partial charge in [0.05, 0.1) is 11.2 Å². The maximum absolute atomic E-state index is 5.61. The number of aromatic nitrogens is 4. The van der Waals surface area contributed by atoms with Crippen LogP contribution in [0.25, 0.3) is 111 Å². The normalized spacial score (nSPS) is 11.6. The van der Waals surface area contributed by atoms with Crippen LogP contribution in [0, 0.1) is 0 Å². The van der Waals surface area contributed by atoms with Gasteiger partial charge in [0.25, 0.3) is 0 Å². The summed E-state index contributed by atoms with van der Waals surface area (Å²) in [5.41, 5.74) is 7.96. The molecule has 4 nitrogen and oxygen atoms in total. The molecule has 4 heteroatoms. The van der Waals surface area contributed by atoms with E-state index in [-0.39, 0.29) is 0 Å².